The van der Waals surface area contributed by atoms with Gasteiger partial charge in [0.15, 0.2) is 5.82 Å². The van der Waals surface area contributed by atoms with Crippen LogP contribution in [0.15, 0.2) is 12.5 Å². The van der Waals surface area contributed by atoms with Crippen LogP contribution in [0.25, 0.3) is 0 Å². The molecule has 1 aromatic rings. The zero-order chi connectivity index (χ0) is 11.4. The Morgan fingerprint density at radius 3 is 3.19 bits per heavy atom. The fraction of sp³-hybridized carbons (Fsp3) is 0.636. The molecule has 88 valence electrons. The van der Waals surface area contributed by atoms with Gasteiger partial charge in [0.05, 0.1) is 11.9 Å². The standard InChI is InChI=1S/C11H19N5/c1-16-5-3-2-4-9(16)6-14-11-10(12)7-13-8-15-11/h7-9H,2-6,12H2,1H3,(H,13,14,15). The van der Waals surface area contributed by atoms with Crippen molar-refractivity contribution in [3.63, 3.8) is 0 Å². The van der Waals surface area contributed by atoms with Crippen LogP contribution < -0.4 is 11.1 Å². The quantitative estimate of drug-likeness (QED) is 0.795. The number of nitrogens with one attached hydrogen (secondary N) is 1. The minimum atomic E-state index is 0.586. The first kappa shape index (κ1) is 11.1. The zero-order valence-corrected chi connectivity index (χ0v) is 9.69. The highest BCUT2D eigenvalue weighted by molar-refractivity contribution is 5.58. The number of nitrogens with zero attached hydrogens (tertiary/aromatic N) is 3. The summed E-state index contributed by atoms with van der Waals surface area (Å²) in [5.74, 6) is 0.744. The number of aromatic nitrogens is 2. The lowest BCUT2D eigenvalue weighted by molar-refractivity contribution is 0.194. The second-order valence-corrected chi connectivity index (χ2v) is 4.34. The molecule has 3 N–H and O–H groups in total. The molecule has 16 heavy (non-hydrogen) atoms. The van der Waals surface area contributed by atoms with Gasteiger partial charge in [-0.15, -0.1) is 0 Å². The number of nitrogens with two attached hydrogens (primary N) is 1. The predicted molar refractivity (Wildman–Crippen MR) is 65.2 cm³/mol. The molecule has 0 bridgehead atoms. The van der Waals surface area contributed by atoms with Crippen LogP contribution in [0.4, 0.5) is 11.5 Å². The summed E-state index contributed by atoms with van der Waals surface area (Å²) in [6, 6.07) is 0.586. The summed E-state index contributed by atoms with van der Waals surface area (Å²) in [6.45, 7) is 2.09. The minimum Gasteiger partial charge on any atom is -0.394 e. The summed E-state index contributed by atoms with van der Waals surface area (Å²) in [5, 5.41) is 3.30. The predicted octanol–water partition coefficient (Wildman–Crippen LogP) is 0.955. The maximum absolute atomic E-state index is 5.77. The summed E-state index contributed by atoms with van der Waals surface area (Å²) in [6.07, 6.45) is 7.01. The van der Waals surface area contributed by atoms with E-state index in [2.05, 4.69) is 27.2 Å². The largest absolute Gasteiger partial charge is 0.394 e. The van der Waals surface area contributed by atoms with Gasteiger partial charge >= 0.3 is 0 Å². The molecule has 0 aromatic carbocycles. The molecule has 1 aromatic heterocycles. The zero-order valence-electron chi connectivity index (χ0n) is 9.69. The van der Waals surface area contributed by atoms with Crippen molar-refractivity contribution < 1.29 is 0 Å². The Labute approximate surface area is 96.1 Å². The van der Waals surface area contributed by atoms with Crippen molar-refractivity contribution in [1.29, 1.82) is 0 Å². The first-order valence-corrected chi connectivity index (χ1v) is 5.77. The summed E-state index contributed by atoms with van der Waals surface area (Å²) < 4.78 is 0. The molecule has 5 nitrogen and oxygen atoms in total. The van der Waals surface area contributed by atoms with Crippen LogP contribution >= 0.6 is 0 Å². The molecule has 1 fully saturated rings. The highest BCUT2D eigenvalue weighted by Crippen LogP contribution is 2.17. The van der Waals surface area contributed by atoms with Crippen LogP contribution in [0.2, 0.25) is 0 Å². The van der Waals surface area contributed by atoms with Gasteiger partial charge in [0.25, 0.3) is 0 Å². The van der Waals surface area contributed by atoms with Gasteiger partial charge in [-0.05, 0) is 26.4 Å². The van der Waals surface area contributed by atoms with Crippen LogP contribution in [0.5, 0.6) is 0 Å². The first-order valence-electron chi connectivity index (χ1n) is 5.77. The van der Waals surface area contributed by atoms with Gasteiger partial charge in [-0.3, -0.25) is 0 Å². The molecule has 0 radical (unpaired) electrons. The van der Waals surface area contributed by atoms with E-state index in [-0.39, 0.29) is 0 Å². The lowest BCUT2D eigenvalue weighted by Gasteiger charge is -2.32. The van der Waals surface area contributed by atoms with Gasteiger partial charge in [0.2, 0.25) is 0 Å². The molecule has 1 unspecified atom stereocenters. The van der Waals surface area contributed by atoms with E-state index in [0.717, 1.165) is 12.4 Å². The van der Waals surface area contributed by atoms with Gasteiger partial charge in [0.1, 0.15) is 6.33 Å². The van der Waals surface area contributed by atoms with E-state index in [1.54, 1.807) is 6.20 Å². The summed E-state index contributed by atoms with van der Waals surface area (Å²) in [7, 11) is 2.18. The van der Waals surface area contributed by atoms with Crippen LogP contribution in [0, 0.1) is 0 Å². The van der Waals surface area contributed by atoms with Crippen molar-refractivity contribution in [2.24, 2.45) is 0 Å². The fourth-order valence-electron chi connectivity index (χ4n) is 2.10. The van der Waals surface area contributed by atoms with E-state index >= 15 is 0 Å². The lowest BCUT2D eigenvalue weighted by atomic mass is 10.0. The Balaban J connectivity index is 1.89. The van der Waals surface area contributed by atoms with E-state index in [1.165, 1.54) is 32.1 Å². The van der Waals surface area contributed by atoms with Crippen molar-refractivity contribution in [1.82, 2.24) is 14.9 Å². The molecule has 2 rings (SSSR count). The molecular formula is C11H19N5. The molecular weight excluding hydrogens is 202 g/mol. The highest BCUT2D eigenvalue weighted by Gasteiger charge is 2.18. The van der Waals surface area contributed by atoms with E-state index in [0.29, 0.717) is 11.7 Å². The third-order valence-corrected chi connectivity index (χ3v) is 3.17. The Morgan fingerprint density at radius 2 is 2.44 bits per heavy atom. The van der Waals surface area contributed by atoms with Gasteiger partial charge in [-0.1, -0.05) is 6.42 Å². The molecule has 0 aliphatic carbocycles. The monoisotopic (exact) mass is 221 g/mol. The minimum absolute atomic E-state index is 0.586. The number of likely N-dealkylation sites (tertiary alicyclic amines) is 1. The molecule has 0 saturated carbocycles. The van der Waals surface area contributed by atoms with Crippen molar-refractivity contribution in [3.05, 3.63) is 12.5 Å². The Bertz CT molecular complexity index is 341. The van der Waals surface area contributed by atoms with Gasteiger partial charge in [-0.25, -0.2) is 9.97 Å². The summed E-state index contributed by atoms with van der Waals surface area (Å²) in [4.78, 5) is 10.4. The average molecular weight is 221 g/mol. The third-order valence-electron chi connectivity index (χ3n) is 3.17. The molecule has 0 amide bonds. The third kappa shape index (κ3) is 2.61. The van der Waals surface area contributed by atoms with Crippen molar-refractivity contribution in [2.45, 2.75) is 25.3 Å². The van der Waals surface area contributed by atoms with Gasteiger partial charge in [-0.2, -0.15) is 0 Å². The van der Waals surface area contributed by atoms with E-state index in [9.17, 15) is 0 Å². The Kier molecular flexibility index (Phi) is 3.56. The average Bonchev–Trinajstić information content (AvgIpc) is 2.30. The number of hydrogen-bond acceptors (Lipinski definition) is 5. The number of piperidine rings is 1. The van der Waals surface area contributed by atoms with Crippen LogP contribution in [0.1, 0.15) is 19.3 Å². The highest BCUT2D eigenvalue weighted by atomic mass is 15.2. The lowest BCUT2D eigenvalue weighted by Crippen LogP contribution is -2.40. The number of rotatable bonds is 3. The molecule has 2 heterocycles. The van der Waals surface area contributed by atoms with Gasteiger partial charge < -0.3 is 16.0 Å². The van der Waals surface area contributed by atoms with Crippen LogP contribution in [-0.4, -0.2) is 41.0 Å². The van der Waals surface area contributed by atoms with Gasteiger partial charge in [0, 0.05) is 12.6 Å². The Hall–Kier alpha value is -1.36. The van der Waals surface area contributed by atoms with Crippen molar-refractivity contribution in [3.8, 4) is 0 Å². The van der Waals surface area contributed by atoms with Crippen LogP contribution in [0.3, 0.4) is 0 Å². The maximum atomic E-state index is 5.77. The second kappa shape index (κ2) is 5.12. The smallest absolute Gasteiger partial charge is 0.152 e. The fourth-order valence-corrected chi connectivity index (χ4v) is 2.10. The van der Waals surface area contributed by atoms with E-state index in [4.69, 9.17) is 5.73 Å². The van der Waals surface area contributed by atoms with Crippen LogP contribution in [-0.2, 0) is 0 Å². The van der Waals surface area contributed by atoms with Crippen molar-refractivity contribution >= 4 is 11.5 Å². The Morgan fingerprint density at radius 1 is 1.56 bits per heavy atom. The molecule has 1 atom stereocenters. The summed E-state index contributed by atoms with van der Waals surface area (Å²) in [5.41, 5.74) is 6.38. The molecule has 1 aliphatic rings. The topological polar surface area (TPSA) is 67.1 Å². The van der Waals surface area contributed by atoms with Crippen molar-refractivity contribution in [2.75, 3.05) is 31.2 Å². The van der Waals surface area contributed by atoms with E-state index < -0.39 is 0 Å². The molecule has 1 saturated heterocycles. The second-order valence-electron chi connectivity index (χ2n) is 4.34. The maximum Gasteiger partial charge on any atom is 0.152 e. The number of hydrogen-bond donors (Lipinski definition) is 2. The molecule has 5 heteroatoms. The molecule has 1 aliphatic heterocycles. The number of nitrogen functional groups attached to an aromatic ring is 1. The first-order chi connectivity index (χ1) is 7.77. The molecule has 0 spiro atoms. The summed E-state index contributed by atoms with van der Waals surface area (Å²) >= 11 is 0. The SMILES string of the molecule is CN1CCCCC1CNc1ncncc1N. The number of anilines is 2. The van der Waals surface area contributed by atoms with E-state index in [1.807, 2.05) is 0 Å². The number of likely N-dealkylation sites (N-methyl/N-ethyl adjacent to an activating group) is 1. The normalized spacial score (nSPS) is 21.9.